The monoisotopic (exact) mass is 583 g/mol. The first-order chi connectivity index (χ1) is 21.0. The first kappa shape index (κ1) is 30.5. The van der Waals surface area contributed by atoms with Crippen LogP contribution in [0.3, 0.4) is 0 Å². The lowest BCUT2D eigenvalue weighted by Crippen LogP contribution is -2.55. The molecular formula is C35H41N3O5. The summed E-state index contributed by atoms with van der Waals surface area (Å²) in [6.07, 6.45) is 8.58. The van der Waals surface area contributed by atoms with Gasteiger partial charge in [0.05, 0.1) is 12.2 Å². The molecule has 0 aromatic heterocycles. The summed E-state index contributed by atoms with van der Waals surface area (Å²) >= 11 is 0. The van der Waals surface area contributed by atoms with E-state index in [-0.39, 0.29) is 25.5 Å². The van der Waals surface area contributed by atoms with Crippen LogP contribution in [0.25, 0.3) is 6.08 Å². The number of carbonyl (C=O) groups is 1. The molecular weight excluding hydrogens is 542 g/mol. The Morgan fingerprint density at radius 3 is 2.37 bits per heavy atom. The number of nitrogens with zero attached hydrogens (tertiary/aromatic N) is 1. The van der Waals surface area contributed by atoms with E-state index in [0.717, 1.165) is 36.0 Å². The van der Waals surface area contributed by atoms with E-state index in [9.17, 15) is 9.90 Å². The zero-order chi connectivity index (χ0) is 30.0. The Morgan fingerprint density at radius 2 is 1.67 bits per heavy atom. The van der Waals surface area contributed by atoms with Crippen molar-refractivity contribution in [1.82, 2.24) is 10.9 Å². The van der Waals surface area contributed by atoms with Gasteiger partial charge >= 0.3 is 0 Å². The molecule has 1 saturated carbocycles. The molecule has 8 heteroatoms. The Morgan fingerprint density at radius 1 is 0.977 bits per heavy atom. The topological polar surface area (TPSA) is 112 Å². The van der Waals surface area contributed by atoms with E-state index in [1.54, 1.807) is 0 Å². The van der Waals surface area contributed by atoms with Crippen molar-refractivity contribution in [3.63, 3.8) is 0 Å². The third kappa shape index (κ3) is 7.70. The second-order valence-electron chi connectivity index (χ2n) is 11.3. The summed E-state index contributed by atoms with van der Waals surface area (Å²) in [7, 11) is 0. The van der Waals surface area contributed by atoms with Crippen LogP contribution >= 0.6 is 0 Å². The number of ether oxygens (including phenoxy) is 2. The van der Waals surface area contributed by atoms with Gasteiger partial charge in [-0.25, -0.2) is 10.4 Å². The highest BCUT2D eigenvalue weighted by atomic mass is 16.5. The van der Waals surface area contributed by atoms with Gasteiger partial charge in [0.2, 0.25) is 5.90 Å². The van der Waals surface area contributed by atoms with Gasteiger partial charge in [-0.2, -0.15) is 0 Å². The average molecular weight is 584 g/mol. The molecule has 8 nitrogen and oxygen atoms in total. The maximum absolute atomic E-state index is 14.2. The molecule has 43 heavy (non-hydrogen) atoms. The molecule has 2 aliphatic rings. The summed E-state index contributed by atoms with van der Waals surface area (Å²) in [5.41, 5.74) is 6.33. The number of hydrogen-bond acceptors (Lipinski definition) is 7. The number of aliphatic hydroxyl groups excluding tert-OH is 1. The number of hydrazine groups is 1. The van der Waals surface area contributed by atoms with Gasteiger partial charge in [-0.3, -0.25) is 10.2 Å². The molecule has 226 valence electrons. The van der Waals surface area contributed by atoms with E-state index >= 15 is 0 Å². The lowest BCUT2D eigenvalue weighted by Gasteiger charge is -2.33. The van der Waals surface area contributed by atoms with Gasteiger partial charge < -0.3 is 19.7 Å². The Labute approximate surface area is 253 Å². The third-order valence-electron chi connectivity index (χ3n) is 8.07. The fraction of sp³-hybridized carbons (Fsp3) is 0.371. The summed E-state index contributed by atoms with van der Waals surface area (Å²) in [6.45, 7) is 0.753. The minimum atomic E-state index is -1.32. The van der Waals surface area contributed by atoms with Crippen LogP contribution in [0.5, 0.6) is 5.75 Å². The van der Waals surface area contributed by atoms with Gasteiger partial charge in [0, 0.05) is 31.6 Å². The molecule has 4 N–H and O–H groups in total. The lowest BCUT2D eigenvalue weighted by atomic mass is 9.84. The van der Waals surface area contributed by atoms with Crippen LogP contribution in [0.4, 0.5) is 0 Å². The minimum Gasteiger partial charge on any atom is -0.494 e. The van der Waals surface area contributed by atoms with Crippen LogP contribution in [0.15, 0.2) is 96.0 Å². The van der Waals surface area contributed by atoms with Gasteiger partial charge in [0.25, 0.3) is 5.91 Å². The second kappa shape index (κ2) is 14.5. The number of nitrogens with one attached hydrogen (secondary N) is 2. The molecule has 1 aliphatic heterocycles. The van der Waals surface area contributed by atoms with E-state index in [0.29, 0.717) is 37.5 Å². The zero-order valence-electron chi connectivity index (χ0n) is 24.5. The van der Waals surface area contributed by atoms with Crippen molar-refractivity contribution in [1.29, 1.82) is 0 Å². The number of rotatable bonds is 13. The highest BCUT2D eigenvalue weighted by Gasteiger charge is 2.52. The fourth-order valence-electron chi connectivity index (χ4n) is 5.67. The van der Waals surface area contributed by atoms with E-state index in [2.05, 4.69) is 10.9 Å². The van der Waals surface area contributed by atoms with Crippen LogP contribution < -0.4 is 15.6 Å². The van der Waals surface area contributed by atoms with Gasteiger partial charge in [-0.05, 0) is 48.2 Å². The minimum absolute atomic E-state index is 0.0701. The largest absolute Gasteiger partial charge is 0.494 e. The van der Waals surface area contributed by atoms with E-state index in [1.807, 2.05) is 97.1 Å². The molecule has 1 heterocycles. The van der Waals surface area contributed by atoms with Crippen molar-refractivity contribution in [2.45, 2.75) is 62.2 Å². The number of aliphatic hydroxyl groups is 2. The third-order valence-corrected chi connectivity index (χ3v) is 8.07. The first-order valence-electron chi connectivity index (χ1n) is 15.1. The molecule has 3 aromatic carbocycles. The molecule has 0 radical (unpaired) electrons. The Hall–Kier alpha value is -3.98. The van der Waals surface area contributed by atoms with E-state index in [4.69, 9.17) is 19.6 Å². The molecule has 2 atom stereocenters. The van der Waals surface area contributed by atoms with E-state index in [1.165, 1.54) is 0 Å². The summed E-state index contributed by atoms with van der Waals surface area (Å²) in [4.78, 5) is 19.2. The second-order valence-corrected chi connectivity index (χ2v) is 11.3. The van der Waals surface area contributed by atoms with Crippen molar-refractivity contribution >= 4 is 17.9 Å². The van der Waals surface area contributed by atoms with Crippen LogP contribution in [0.1, 0.15) is 67.7 Å². The first-order valence-corrected chi connectivity index (χ1v) is 15.1. The van der Waals surface area contributed by atoms with Crippen molar-refractivity contribution in [2.24, 2.45) is 4.99 Å². The quantitative estimate of drug-likeness (QED) is 0.164. The Bertz CT molecular complexity index is 1370. The van der Waals surface area contributed by atoms with Gasteiger partial charge in [0.15, 0.2) is 11.6 Å². The smallest absolute Gasteiger partial charge is 0.266 e. The number of hydrogen-bond donors (Lipinski definition) is 4. The van der Waals surface area contributed by atoms with Crippen molar-refractivity contribution < 1.29 is 24.5 Å². The Balaban J connectivity index is 1.45. The maximum Gasteiger partial charge on any atom is 0.266 e. The number of benzene rings is 3. The maximum atomic E-state index is 14.2. The standard InChI is InChI=1S/C35H41N3O5/c39-24-11-25-42-30-19-17-29(18-20-30)32-37-35(23-10-14-27-12-4-1-5-13-27,31(43-32)28-15-6-2-7-16-28)33(40)38-36-26-34(41)21-8-3-9-22-34/h1-2,4-7,10,12-20,31,36,39,41H,3,8-9,11,21-26H2,(H,38,40)/b14-10+/t31-,35-/m0/s1. The molecule has 3 aromatic rings. The van der Waals surface area contributed by atoms with Crippen LogP contribution in [0.2, 0.25) is 0 Å². The molecule has 1 aliphatic carbocycles. The molecule has 0 bridgehead atoms. The average Bonchev–Trinajstić information content (AvgIpc) is 3.43. The van der Waals surface area contributed by atoms with Crippen molar-refractivity contribution in [2.75, 3.05) is 19.8 Å². The fourth-order valence-corrected chi connectivity index (χ4v) is 5.67. The van der Waals surface area contributed by atoms with Crippen molar-refractivity contribution in [3.05, 3.63) is 108 Å². The zero-order valence-corrected chi connectivity index (χ0v) is 24.5. The van der Waals surface area contributed by atoms with Gasteiger partial charge in [-0.15, -0.1) is 0 Å². The summed E-state index contributed by atoms with van der Waals surface area (Å²) in [6, 6.07) is 27.0. The van der Waals surface area contributed by atoms with Crippen LogP contribution in [-0.4, -0.2) is 52.9 Å². The molecule has 1 fully saturated rings. The summed E-state index contributed by atoms with van der Waals surface area (Å²) < 4.78 is 12.2. The van der Waals surface area contributed by atoms with Crippen molar-refractivity contribution in [3.8, 4) is 5.75 Å². The summed E-state index contributed by atoms with van der Waals surface area (Å²) in [5, 5.41) is 20.0. The molecule has 1 amide bonds. The molecule has 5 rings (SSSR count). The molecule has 0 saturated heterocycles. The number of amides is 1. The van der Waals surface area contributed by atoms with Gasteiger partial charge in [0.1, 0.15) is 5.75 Å². The molecule has 0 unspecified atom stereocenters. The highest BCUT2D eigenvalue weighted by molar-refractivity contribution is 6.01. The number of carbonyl (C=O) groups excluding carboxylic acids is 1. The molecule has 0 spiro atoms. The SMILES string of the molecule is O=C(NNCC1(O)CCCCC1)[C@@]1(C/C=C/c2ccccc2)N=C(c2ccc(OCCCO)cc2)O[C@H]1c1ccccc1. The van der Waals surface area contributed by atoms with Crippen LogP contribution in [0, 0.1) is 0 Å². The predicted octanol–water partition coefficient (Wildman–Crippen LogP) is 5.12. The lowest BCUT2D eigenvalue weighted by molar-refractivity contribution is -0.130. The summed E-state index contributed by atoms with van der Waals surface area (Å²) in [5.74, 6) is 0.706. The van der Waals surface area contributed by atoms with Gasteiger partial charge in [-0.1, -0.05) is 92.1 Å². The number of aliphatic imine (C=N–C) groups is 1. The predicted molar refractivity (Wildman–Crippen MR) is 167 cm³/mol. The normalized spacial score (nSPS) is 21.3. The van der Waals surface area contributed by atoms with Crippen LogP contribution in [-0.2, 0) is 9.53 Å². The Kier molecular flexibility index (Phi) is 10.3. The van der Waals surface area contributed by atoms with E-state index < -0.39 is 17.2 Å². The highest BCUT2D eigenvalue weighted by Crippen LogP contribution is 2.43.